The van der Waals surface area contributed by atoms with E-state index in [4.69, 9.17) is 11.6 Å². The quantitative estimate of drug-likeness (QED) is 0.704. The van der Waals surface area contributed by atoms with Gasteiger partial charge in [-0.25, -0.2) is 0 Å². The first kappa shape index (κ1) is 11.8. The number of phenolic OH excluding ortho intramolecular Hbond substituents is 2. The van der Waals surface area contributed by atoms with E-state index in [2.05, 4.69) is 4.98 Å². The standard InChI is InChI=1S/C15H10ClNO2/c16-13-8-12(9-3-1-4-10(18)7-9)15(19)14-11(13)5-2-6-17-14/h1-8,18-19H. The van der Waals surface area contributed by atoms with E-state index < -0.39 is 0 Å². The van der Waals surface area contributed by atoms with Crippen LogP contribution in [0.25, 0.3) is 22.0 Å². The molecule has 94 valence electrons. The Bertz CT molecular complexity index is 771. The number of benzene rings is 2. The fourth-order valence-corrected chi connectivity index (χ4v) is 2.34. The average Bonchev–Trinajstić information content (AvgIpc) is 2.43. The molecule has 3 nitrogen and oxygen atoms in total. The molecule has 1 heterocycles. The Kier molecular flexibility index (Phi) is 2.76. The molecule has 0 aliphatic heterocycles. The number of nitrogens with zero attached hydrogens (tertiary/aromatic N) is 1. The number of aromatic hydroxyl groups is 2. The van der Waals surface area contributed by atoms with Gasteiger partial charge in [-0.1, -0.05) is 23.7 Å². The van der Waals surface area contributed by atoms with Crippen LogP contribution >= 0.6 is 11.6 Å². The molecule has 3 aromatic rings. The summed E-state index contributed by atoms with van der Waals surface area (Å²) >= 11 is 6.21. The molecule has 4 heteroatoms. The van der Waals surface area contributed by atoms with Crippen molar-refractivity contribution < 1.29 is 10.2 Å². The van der Waals surface area contributed by atoms with E-state index >= 15 is 0 Å². The van der Waals surface area contributed by atoms with Crippen molar-refractivity contribution >= 4 is 22.5 Å². The lowest BCUT2D eigenvalue weighted by molar-refractivity contribution is 0.475. The lowest BCUT2D eigenvalue weighted by Crippen LogP contribution is -1.85. The van der Waals surface area contributed by atoms with Crippen molar-refractivity contribution in [1.82, 2.24) is 4.98 Å². The van der Waals surface area contributed by atoms with E-state index in [0.29, 0.717) is 27.1 Å². The molecule has 0 unspecified atom stereocenters. The molecule has 0 amide bonds. The summed E-state index contributed by atoms with van der Waals surface area (Å²) in [7, 11) is 0. The first-order chi connectivity index (χ1) is 9.16. The third-order valence-electron chi connectivity index (χ3n) is 2.97. The summed E-state index contributed by atoms with van der Waals surface area (Å²) in [5.74, 6) is 0.194. The van der Waals surface area contributed by atoms with Gasteiger partial charge >= 0.3 is 0 Å². The molecule has 0 saturated heterocycles. The zero-order valence-corrected chi connectivity index (χ0v) is 10.6. The summed E-state index contributed by atoms with van der Waals surface area (Å²) < 4.78 is 0. The van der Waals surface area contributed by atoms with Gasteiger partial charge in [-0.3, -0.25) is 4.98 Å². The Morgan fingerprint density at radius 3 is 2.63 bits per heavy atom. The highest BCUT2D eigenvalue weighted by molar-refractivity contribution is 6.36. The van der Waals surface area contributed by atoms with Crippen LogP contribution in [0.3, 0.4) is 0 Å². The minimum absolute atomic E-state index is 0.0607. The van der Waals surface area contributed by atoms with Crippen molar-refractivity contribution in [2.75, 3.05) is 0 Å². The molecule has 2 aromatic carbocycles. The molecule has 0 aliphatic carbocycles. The van der Waals surface area contributed by atoms with Gasteiger partial charge in [0.2, 0.25) is 0 Å². The molecule has 0 atom stereocenters. The number of hydrogen-bond acceptors (Lipinski definition) is 3. The van der Waals surface area contributed by atoms with E-state index in [1.54, 1.807) is 48.7 Å². The summed E-state index contributed by atoms with van der Waals surface area (Å²) in [6.07, 6.45) is 1.60. The third kappa shape index (κ3) is 1.98. The van der Waals surface area contributed by atoms with Gasteiger partial charge in [-0.15, -0.1) is 0 Å². The second kappa shape index (κ2) is 4.44. The van der Waals surface area contributed by atoms with Crippen molar-refractivity contribution in [3.8, 4) is 22.6 Å². The average molecular weight is 272 g/mol. The van der Waals surface area contributed by atoms with Crippen LogP contribution < -0.4 is 0 Å². The lowest BCUT2D eigenvalue weighted by Gasteiger charge is -2.09. The number of aromatic nitrogens is 1. The van der Waals surface area contributed by atoms with Crippen LogP contribution in [0.4, 0.5) is 0 Å². The van der Waals surface area contributed by atoms with Crippen molar-refractivity contribution in [2.45, 2.75) is 0 Å². The van der Waals surface area contributed by atoms with Crippen LogP contribution in [0, 0.1) is 0 Å². The topological polar surface area (TPSA) is 53.4 Å². The van der Waals surface area contributed by atoms with Crippen molar-refractivity contribution in [3.63, 3.8) is 0 Å². The second-order valence-corrected chi connectivity index (χ2v) is 4.61. The van der Waals surface area contributed by atoms with E-state index in [1.807, 2.05) is 0 Å². The molecule has 1 aromatic heterocycles. The molecular weight excluding hydrogens is 262 g/mol. The van der Waals surface area contributed by atoms with E-state index in [9.17, 15) is 10.2 Å². The highest BCUT2D eigenvalue weighted by Crippen LogP contribution is 2.39. The van der Waals surface area contributed by atoms with Crippen LogP contribution in [0.15, 0.2) is 48.7 Å². The molecule has 0 saturated carbocycles. The zero-order valence-electron chi connectivity index (χ0n) is 9.84. The van der Waals surface area contributed by atoms with E-state index in [1.165, 1.54) is 0 Å². The predicted octanol–water partition coefficient (Wildman–Crippen LogP) is 3.97. The van der Waals surface area contributed by atoms with Gasteiger partial charge in [-0.2, -0.15) is 0 Å². The van der Waals surface area contributed by atoms with Crippen LogP contribution in [0.5, 0.6) is 11.5 Å². The third-order valence-corrected chi connectivity index (χ3v) is 3.29. The summed E-state index contributed by atoms with van der Waals surface area (Å²) in [5, 5.41) is 21.0. The van der Waals surface area contributed by atoms with Crippen molar-refractivity contribution in [3.05, 3.63) is 53.7 Å². The number of hydrogen-bond donors (Lipinski definition) is 2. The fourth-order valence-electron chi connectivity index (χ4n) is 2.08. The van der Waals surface area contributed by atoms with E-state index in [0.717, 1.165) is 0 Å². The Hall–Kier alpha value is -2.26. The Morgan fingerprint density at radius 1 is 1.00 bits per heavy atom. The van der Waals surface area contributed by atoms with Crippen molar-refractivity contribution in [1.29, 1.82) is 0 Å². The second-order valence-electron chi connectivity index (χ2n) is 4.20. The smallest absolute Gasteiger partial charge is 0.149 e. The lowest BCUT2D eigenvalue weighted by atomic mass is 10.0. The molecule has 0 bridgehead atoms. The minimum Gasteiger partial charge on any atom is -0.508 e. The first-order valence-electron chi connectivity index (χ1n) is 5.72. The predicted molar refractivity (Wildman–Crippen MR) is 75.5 cm³/mol. The molecule has 0 spiro atoms. The van der Waals surface area contributed by atoms with Gasteiger partial charge in [0.15, 0.2) is 0 Å². The Morgan fingerprint density at radius 2 is 1.84 bits per heavy atom. The van der Waals surface area contributed by atoms with Crippen molar-refractivity contribution in [2.24, 2.45) is 0 Å². The molecule has 2 N–H and O–H groups in total. The summed E-state index contributed by atoms with van der Waals surface area (Å²) in [6, 6.07) is 11.9. The van der Waals surface area contributed by atoms with Gasteiger partial charge in [-0.05, 0) is 35.9 Å². The van der Waals surface area contributed by atoms with Gasteiger partial charge in [0.25, 0.3) is 0 Å². The Labute approximate surface area is 114 Å². The van der Waals surface area contributed by atoms with Crippen LogP contribution in [-0.2, 0) is 0 Å². The summed E-state index contributed by atoms with van der Waals surface area (Å²) in [5.41, 5.74) is 1.69. The highest BCUT2D eigenvalue weighted by atomic mass is 35.5. The highest BCUT2D eigenvalue weighted by Gasteiger charge is 2.13. The molecule has 0 aliphatic rings. The number of halogens is 1. The zero-order chi connectivity index (χ0) is 13.4. The normalized spacial score (nSPS) is 10.8. The maximum Gasteiger partial charge on any atom is 0.149 e. The molecule has 3 rings (SSSR count). The van der Waals surface area contributed by atoms with Crippen LogP contribution in [-0.4, -0.2) is 15.2 Å². The Balaban J connectivity index is 2.34. The van der Waals surface area contributed by atoms with Gasteiger partial charge in [0.1, 0.15) is 17.0 Å². The monoisotopic (exact) mass is 271 g/mol. The minimum atomic E-state index is 0.0607. The van der Waals surface area contributed by atoms with E-state index in [-0.39, 0.29) is 11.5 Å². The molecule has 0 fully saturated rings. The number of rotatable bonds is 1. The fraction of sp³-hybridized carbons (Fsp3) is 0. The molecular formula is C15H10ClNO2. The van der Waals surface area contributed by atoms with Crippen LogP contribution in [0.2, 0.25) is 5.02 Å². The van der Waals surface area contributed by atoms with Crippen LogP contribution in [0.1, 0.15) is 0 Å². The maximum atomic E-state index is 10.3. The van der Waals surface area contributed by atoms with Gasteiger partial charge in [0, 0.05) is 17.1 Å². The largest absolute Gasteiger partial charge is 0.508 e. The van der Waals surface area contributed by atoms with Gasteiger partial charge in [0.05, 0.1) is 5.02 Å². The number of phenols is 2. The summed E-state index contributed by atoms with van der Waals surface area (Å²) in [6.45, 7) is 0. The molecule has 19 heavy (non-hydrogen) atoms. The maximum absolute atomic E-state index is 10.3. The van der Waals surface area contributed by atoms with Gasteiger partial charge < -0.3 is 10.2 Å². The summed E-state index contributed by atoms with van der Waals surface area (Å²) in [4.78, 5) is 4.15. The SMILES string of the molecule is Oc1cccc(-c2cc(Cl)c3cccnc3c2O)c1. The number of fused-ring (bicyclic) bond motifs is 1. The first-order valence-corrected chi connectivity index (χ1v) is 6.10. The molecule has 0 radical (unpaired) electrons. The number of pyridine rings is 1.